The number of amides is 1. The van der Waals surface area contributed by atoms with Gasteiger partial charge in [-0.1, -0.05) is 20.8 Å². The maximum atomic E-state index is 13.2. The molecule has 2 N–H and O–H groups in total. The van der Waals surface area contributed by atoms with Crippen molar-refractivity contribution in [1.82, 2.24) is 29.5 Å². The van der Waals surface area contributed by atoms with Gasteiger partial charge in [-0.25, -0.2) is 0 Å². The highest BCUT2D eigenvalue weighted by Crippen LogP contribution is 2.26. The predicted molar refractivity (Wildman–Crippen MR) is 107 cm³/mol. The SMILES string of the molecule is Cc1cnc(-c2cc3n(CC(C)(C)C)c(=O)c(C(=O)NC4CC4)c(O)n3n2)cn1. The van der Waals surface area contributed by atoms with E-state index in [1.807, 2.05) is 27.7 Å². The lowest BCUT2D eigenvalue weighted by molar-refractivity contribution is 0.0944. The molecule has 152 valence electrons. The van der Waals surface area contributed by atoms with Gasteiger partial charge in [-0.05, 0) is 25.2 Å². The van der Waals surface area contributed by atoms with Crippen LogP contribution in [-0.4, -0.2) is 41.2 Å². The third-order valence-corrected chi connectivity index (χ3v) is 4.67. The summed E-state index contributed by atoms with van der Waals surface area (Å²) in [6.45, 7) is 8.17. The molecule has 3 aromatic heterocycles. The van der Waals surface area contributed by atoms with Crippen LogP contribution < -0.4 is 10.9 Å². The molecular weight excluding hydrogens is 372 g/mol. The minimum absolute atomic E-state index is 0.0593. The van der Waals surface area contributed by atoms with Crippen LogP contribution >= 0.6 is 0 Å². The molecule has 29 heavy (non-hydrogen) atoms. The summed E-state index contributed by atoms with van der Waals surface area (Å²) in [7, 11) is 0. The van der Waals surface area contributed by atoms with Crippen LogP contribution in [0.1, 0.15) is 49.7 Å². The van der Waals surface area contributed by atoms with Crippen molar-refractivity contribution in [2.24, 2.45) is 5.41 Å². The Kier molecular flexibility index (Phi) is 4.40. The molecule has 0 aromatic carbocycles. The summed E-state index contributed by atoms with van der Waals surface area (Å²) in [5.41, 5.74) is 1.06. The van der Waals surface area contributed by atoms with Crippen molar-refractivity contribution in [2.45, 2.75) is 53.1 Å². The fourth-order valence-corrected chi connectivity index (χ4v) is 3.12. The summed E-state index contributed by atoms with van der Waals surface area (Å²) in [4.78, 5) is 34.4. The van der Waals surface area contributed by atoms with E-state index in [0.29, 0.717) is 23.6 Å². The summed E-state index contributed by atoms with van der Waals surface area (Å²) in [5.74, 6) is -1.05. The molecule has 0 bridgehead atoms. The first kappa shape index (κ1) is 19.1. The Labute approximate surface area is 167 Å². The number of aryl methyl sites for hydroxylation is 1. The number of hydrogen-bond donors (Lipinski definition) is 2. The summed E-state index contributed by atoms with van der Waals surface area (Å²) >= 11 is 0. The first-order valence-electron chi connectivity index (χ1n) is 9.59. The number of carbonyl (C=O) groups excluding carboxylic acids is 1. The average molecular weight is 396 g/mol. The Morgan fingerprint density at radius 1 is 1.24 bits per heavy atom. The van der Waals surface area contributed by atoms with E-state index < -0.39 is 17.3 Å². The monoisotopic (exact) mass is 396 g/mol. The lowest BCUT2D eigenvalue weighted by Crippen LogP contribution is -2.37. The Hall–Kier alpha value is -3.23. The molecule has 1 saturated carbocycles. The summed E-state index contributed by atoms with van der Waals surface area (Å²) < 4.78 is 2.71. The second-order valence-corrected chi connectivity index (χ2v) is 8.74. The number of rotatable bonds is 4. The van der Waals surface area contributed by atoms with Gasteiger partial charge in [0.05, 0.1) is 11.9 Å². The van der Waals surface area contributed by atoms with Crippen molar-refractivity contribution in [3.8, 4) is 17.3 Å². The third-order valence-electron chi connectivity index (χ3n) is 4.67. The van der Waals surface area contributed by atoms with Gasteiger partial charge < -0.3 is 10.4 Å². The summed E-state index contributed by atoms with van der Waals surface area (Å²) in [6.07, 6.45) is 4.96. The van der Waals surface area contributed by atoms with E-state index in [9.17, 15) is 14.7 Å². The van der Waals surface area contributed by atoms with Crippen molar-refractivity contribution >= 4 is 11.6 Å². The van der Waals surface area contributed by atoms with Crippen LogP contribution in [0.15, 0.2) is 23.3 Å². The van der Waals surface area contributed by atoms with Crippen molar-refractivity contribution in [2.75, 3.05) is 0 Å². The van der Waals surface area contributed by atoms with Gasteiger partial charge in [0.1, 0.15) is 17.0 Å². The molecule has 0 saturated heterocycles. The molecule has 9 nitrogen and oxygen atoms in total. The Bertz CT molecular complexity index is 1150. The Balaban J connectivity index is 1.93. The van der Waals surface area contributed by atoms with Crippen LogP contribution in [0.3, 0.4) is 0 Å². The smallest absolute Gasteiger partial charge is 0.270 e. The molecule has 1 aliphatic carbocycles. The predicted octanol–water partition coefficient (Wildman–Crippen LogP) is 1.91. The van der Waals surface area contributed by atoms with Crippen molar-refractivity contribution < 1.29 is 9.90 Å². The van der Waals surface area contributed by atoms with Gasteiger partial charge >= 0.3 is 0 Å². The molecular formula is C20H24N6O3. The van der Waals surface area contributed by atoms with Crippen LogP contribution in [0.2, 0.25) is 0 Å². The highest BCUT2D eigenvalue weighted by Gasteiger charge is 2.30. The molecule has 0 aliphatic heterocycles. The Morgan fingerprint density at radius 3 is 2.55 bits per heavy atom. The van der Waals surface area contributed by atoms with Gasteiger partial charge in [-0.3, -0.25) is 24.1 Å². The lowest BCUT2D eigenvalue weighted by Gasteiger charge is -2.21. The van der Waals surface area contributed by atoms with E-state index in [4.69, 9.17) is 0 Å². The zero-order valence-electron chi connectivity index (χ0n) is 16.9. The second-order valence-electron chi connectivity index (χ2n) is 8.74. The van der Waals surface area contributed by atoms with Crippen LogP contribution in [0.4, 0.5) is 0 Å². The van der Waals surface area contributed by atoms with Crippen molar-refractivity contribution in [3.63, 3.8) is 0 Å². The first-order valence-corrected chi connectivity index (χ1v) is 9.59. The van der Waals surface area contributed by atoms with Gasteiger partial charge in [0.25, 0.3) is 11.5 Å². The molecule has 3 heterocycles. The Morgan fingerprint density at radius 2 is 1.97 bits per heavy atom. The minimum atomic E-state index is -0.577. The normalized spacial score (nSPS) is 14.3. The van der Waals surface area contributed by atoms with E-state index in [1.54, 1.807) is 18.5 Å². The highest BCUT2D eigenvalue weighted by molar-refractivity contribution is 5.96. The van der Waals surface area contributed by atoms with Crippen molar-refractivity contribution in [1.29, 1.82) is 0 Å². The fourth-order valence-electron chi connectivity index (χ4n) is 3.12. The minimum Gasteiger partial charge on any atom is -0.492 e. The lowest BCUT2D eigenvalue weighted by atomic mass is 9.97. The number of aromatic hydroxyl groups is 1. The molecule has 3 aromatic rings. The highest BCUT2D eigenvalue weighted by atomic mass is 16.3. The molecule has 1 amide bonds. The third kappa shape index (κ3) is 3.72. The van der Waals surface area contributed by atoms with Crippen molar-refractivity contribution in [3.05, 3.63) is 40.1 Å². The maximum Gasteiger partial charge on any atom is 0.270 e. The summed E-state index contributed by atoms with van der Waals surface area (Å²) in [6, 6.07) is 1.73. The average Bonchev–Trinajstić information content (AvgIpc) is 3.33. The molecule has 4 rings (SSSR count). The topological polar surface area (TPSA) is 114 Å². The van der Waals surface area contributed by atoms with Gasteiger partial charge in [0, 0.05) is 24.8 Å². The first-order chi connectivity index (χ1) is 13.6. The standard InChI is InChI=1S/C20H24N6O3/c1-11-8-22-14(9-21-11)13-7-15-25(10-20(2,3)4)18(28)16(19(29)26(15)24-13)17(27)23-12-5-6-12/h7-9,12,29H,5-6,10H2,1-4H3,(H,23,27). The molecule has 0 radical (unpaired) electrons. The molecule has 0 unspecified atom stereocenters. The molecule has 9 heteroatoms. The molecule has 0 atom stereocenters. The largest absolute Gasteiger partial charge is 0.492 e. The van der Waals surface area contributed by atoms with Gasteiger partial charge in [-0.2, -0.15) is 9.61 Å². The van der Waals surface area contributed by atoms with E-state index in [0.717, 1.165) is 18.5 Å². The van der Waals surface area contributed by atoms with Crippen LogP contribution in [-0.2, 0) is 6.54 Å². The number of aromatic nitrogens is 5. The quantitative estimate of drug-likeness (QED) is 0.696. The van der Waals surface area contributed by atoms with Gasteiger partial charge in [-0.15, -0.1) is 0 Å². The van der Waals surface area contributed by atoms with Gasteiger partial charge in [0.15, 0.2) is 5.56 Å². The van der Waals surface area contributed by atoms with E-state index in [-0.39, 0.29) is 17.0 Å². The zero-order chi connectivity index (χ0) is 20.9. The zero-order valence-corrected chi connectivity index (χ0v) is 16.9. The number of hydrogen-bond acceptors (Lipinski definition) is 6. The van der Waals surface area contributed by atoms with E-state index in [1.165, 1.54) is 9.08 Å². The van der Waals surface area contributed by atoms with E-state index in [2.05, 4.69) is 20.4 Å². The molecule has 1 aliphatic rings. The van der Waals surface area contributed by atoms with Crippen LogP contribution in [0.25, 0.3) is 17.0 Å². The maximum absolute atomic E-state index is 13.2. The van der Waals surface area contributed by atoms with Gasteiger partial charge in [0.2, 0.25) is 5.88 Å². The van der Waals surface area contributed by atoms with Crippen LogP contribution in [0.5, 0.6) is 5.88 Å². The summed E-state index contributed by atoms with van der Waals surface area (Å²) in [5, 5.41) is 17.9. The number of carbonyl (C=O) groups is 1. The van der Waals surface area contributed by atoms with Crippen LogP contribution in [0, 0.1) is 12.3 Å². The van der Waals surface area contributed by atoms with E-state index >= 15 is 0 Å². The molecule has 1 fully saturated rings. The second kappa shape index (κ2) is 6.68. The number of fused-ring (bicyclic) bond motifs is 1. The number of nitrogens with one attached hydrogen (secondary N) is 1. The fraction of sp³-hybridized carbons (Fsp3) is 0.450. The number of nitrogens with zero attached hydrogens (tertiary/aromatic N) is 5. The molecule has 0 spiro atoms.